The van der Waals surface area contributed by atoms with Gasteiger partial charge in [-0.2, -0.15) is 0 Å². The van der Waals surface area contributed by atoms with Gasteiger partial charge in [-0.25, -0.2) is 0 Å². The molecular formula is C13H16ClNO4. The lowest BCUT2D eigenvalue weighted by Crippen LogP contribution is -2.37. The minimum atomic E-state index is -0.956. The number of aryl methyl sites for hydroxylation is 1. The highest BCUT2D eigenvalue weighted by Crippen LogP contribution is 2.21. The number of benzene rings is 1. The Balaban J connectivity index is 2.49. The van der Waals surface area contributed by atoms with Gasteiger partial charge in [-0.05, 0) is 37.6 Å². The summed E-state index contributed by atoms with van der Waals surface area (Å²) in [6, 6.07) is 5.11. The molecule has 0 aliphatic carbocycles. The maximum absolute atomic E-state index is 11.6. The molecule has 0 aliphatic heterocycles. The van der Waals surface area contributed by atoms with Crippen LogP contribution in [0, 0.1) is 6.92 Å². The number of halogens is 1. The number of carboxylic acid groups (broad SMARTS) is 1. The van der Waals surface area contributed by atoms with Gasteiger partial charge in [0.2, 0.25) is 0 Å². The van der Waals surface area contributed by atoms with Gasteiger partial charge >= 0.3 is 5.97 Å². The molecule has 0 saturated carbocycles. The smallest absolute Gasteiger partial charge is 0.305 e. The van der Waals surface area contributed by atoms with E-state index in [4.69, 9.17) is 21.4 Å². The summed E-state index contributed by atoms with van der Waals surface area (Å²) in [5.41, 5.74) is 0.859. The molecule has 0 spiro atoms. The van der Waals surface area contributed by atoms with Gasteiger partial charge in [0.25, 0.3) is 5.91 Å². The molecule has 2 N–H and O–H groups in total. The highest BCUT2D eigenvalue weighted by atomic mass is 35.5. The monoisotopic (exact) mass is 285 g/mol. The number of ether oxygens (including phenoxy) is 1. The van der Waals surface area contributed by atoms with Crippen LogP contribution >= 0.6 is 11.6 Å². The number of hydrogen-bond acceptors (Lipinski definition) is 3. The topological polar surface area (TPSA) is 75.6 Å². The number of amides is 1. The summed E-state index contributed by atoms with van der Waals surface area (Å²) < 4.78 is 5.45. The minimum Gasteiger partial charge on any atom is -0.481 e. The van der Waals surface area contributed by atoms with E-state index in [0.29, 0.717) is 10.8 Å². The van der Waals surface area contributed by atoms with E-state index in [1.165, 1.54) is 0 Å². The first-order valence-corrected chi connectivity index (χ1v) is 6.20. The maximum Gasteiger partial charge on any atom is 0.305 e. The van der Waals surface area contributed by atoms with Gasteiger partial charge in [0, 0.05) is 11.6 Å². The van der Waals surface area contributed by atoms with E-state index in [-0.39, 0.29) is 18.9 Å². The van der Waals surface area contributed by atoms with Crippen molar-refractivity contribution in [3.8, 4) is 5.75 Å². The van der Waals surface area contributed by atoms with Gasteiger partial charge in [0.05, 0.1) is 6.42 Å². The third-order valence-electron chi connectivity index (χ3n) is 2.45. The Morgan fingerprint density at radius 3 is 2.74 bits per heavy atom. The third kappa shape index (κ3) is 5.18. The minimum absolute atomic E-state index is 0.0848. The number of carbonyl (C=O) groups is 2. The van der Waals surface area contributed by atoms with E-state index >= 15 is 0 Å². The Labute approximate surface area is 116 Å². The number of carboxylic acids is 1. The van der Waals surface area contributed by atoms with Crippen molar-refractivity contribution < 1.29 is 19.4 Å². The Morgan fingerprint density at radius 1 is 1.47 bits per heavy atom. The molecule has 1 atom stereocenters. The lowest BCUT2D eigenvalue weighted by atomic mass is 10.2. The van der Waals surface area contributed by atoms with Gasteiger partial charge in [-0.3, -0.25) is 9.59 Å². The molecule has 0 aromatic heterocycles. The van der Waals surface area contributed by atoms with Crippen LogP contribution in [0.4, 0.5) is 0 Å². The van der Waals surface area contributed by atoms with Gasteiger partial charge in [-0.1, -0.05) is 11.6 Å². The molecule has 0 heterocycles. The van der Waals surface area contributed by atoms with E-state index in [1.54, 1.807) is 25.1 Å². The van der Waals surface area contributed by atoms with Crippen LogP contribution in [0.25, 0.3) is 0 Å². The highest BCUT2D eigenvalue weighted by Gasteiger charge is 2.14. The van der Waals surface area contributed by atoms with Gasteiger partial charge < -0.3 is 15.2 Å². The molecule has 0 radical (unpaired) electrons. The predicted molar refractivity (Wildman–Crippen MR) is 71.5 cm³/mol. The molecule has 1 aromatic rings. The first-order chi connectivity index (χ1) is 8.90. The van der Waals surface area contributed by atoms with E-state index in [9.17, 15) is 9.59 Å². The lowest BCUT2D eigenvalue weighted by molar-refractivity contribution is -0.137. The summed E-state index contributed by atoms with van der Waals surface area (Å²) in [7, 11) is 0. The zero-order chi connectivity index (χ0) is 14.4. The average Bonchev–Trinajstić information content (AvgIpc) is 2.33. The third-order valence-corrected chi connectivity index (χ3v) is 2.87. The standard InChI is InChI=1S/C13H16ClNO4/c1-8-7-10(3-4-11(8)14)19-9(2)13(18)15-6-5-12(16)17/h3-4,7,9H,5-6H2,1-2H3,(H,15,18)(H,16,17). The molecule has 0 fully saturated rings. The van der Waals surface area contributed by atoms with Crippen LogP contribution in [0.1, 0.15) is 18.9 Å². The quantitative estimate of drug-likeness (QED) is 0.838. The molecule has 1 aromatic carbocycles. The van der Waals surface area contributed by atoms with Gasteiger partial charge in [0.15, 0.2) is 6.10 Å². The molecule has 5 nitrogen and oxygen atoms in total. The molecular weight excluding hydrogens is 270 g/mol. The van der Waals surface area contributed by atoms with Crippen molar-refractivity contribution in [3.63, 3.8) is 0 Å². The molecule has 0 saturated heterocycles. The van der Waals surface area contributed by atoms with E-state index in [2.05, 4.69) is 5.32 Å². The summed E-state index contributed by atoms with van der Waals surface area (Å²) in [5, 5.41) is 11.6. The van der Waals surface area contributed by atoms with Crippen molar-refractivity contribution in [1.82, 2.24) is 5.32 Å². The van der Waals surface area contributed by atoms with Crippen LogP contribution in [-0.2, 0) is 9.59 Å². The van der Waals surface area contributed by atoms with Crippen LogP contribution in [0.3, 0.4) is 0 Å². The van der Waals surface area contributed by atoms with Crippen LogP contribution < -0.4 is 10.1 Å². The SMILES string of the molecule is Cc1cc(OC(C)C(=O)NCCC(=O)O)ccc1Cl. The fourth-order valence-electron chi connectivity index (χ4n) is 1.38. The maximum atomic E-state index is 11.6. The van der Waals surface area contributed by atoms with Crippen molar-refractivity contribution >= 4 is 23.5 Å². The van der Waals surface area contributed by atoms with Crippen molar-refractivity contribution in [2.75, 3.05) is 6.54 Å². The summed E-state index contributed by atoms with van der Waals surface area (Å²) in [5.74, 6) is -0.765. The van der Waals surface area contributed by atoms with Gasteiger partial charge in [-0.15, -0.1) is 0 Å². The van der Waals surface area contributed by atoms with Crippen molar-refractivity contribution in [3.05, 3.63) is 28.8 Å². The van der Waals surface area contributed by atoms with Crippen LogP contribution in [0.15, 0.2) is 18.2 Å². The zero-order valence-corrected chi connectivity index (χ0v) is 11.5. The highest BCUT2D eigenvalue weighted by molar-refractivity contribution is 6.31. The first-order valence-electron chi connectivity index (χ1n) is 5.82. The Bertz CT molecular complexity index is 476. The lowest BCUT2D eigenvalue weighted by Gasteiger charge is -2.15. The Morgan fingerprint density at radius 2 is 2.16 bits per heavy atom. The molecule has 1 rings (SSSR count). The summed E-state index contributed by atoms with van der Waals surface area (Å²) >= 11 is 5.89. The van der Waals surface area contributed by atoms with Gasteiger partial charge in [0.1, 0.15) is 5.75 Å². The molecule has 1 amide bonds. The normalized spacial score (nSPS) is 11.7. The zero-order valence-electron chi connectivity index (χ0n) is 10.8. The molecule has 1 unspecified atom stereocenters. The van der Waals surface area contributed by atoms with Crippen molar-refractivity contribution in [2.45, 2.75) is 26.4 Å². The second-order valence-electron chi connectivity index (χ2n) is 4.11. The molecule has 0 bridgehead atoms. The van der Waals surface area contributed by atoms with E-state index in [1.807, 2.05) is 6.92 Å². The van der Waals surface area contributed by atoms with E-state index < -0.39 is 12.1 Å². The number of aliphatic carboxylic acids is 1. The number of rotatable bonds is 6. The number of carbonyl (C=O) groups excluding carboxylic acids is 1. The molecule has 19 heavy (non-hydrogen) atoms. The largest absolute Gasteiger partial charge is 0.481 e. The molecule has 104 valence electrons. The predicted octanol–water partition coefficient (Wildman–Crippen LogP) is 2.01. The fraction of sp³-hybridized carbons (Fsp3) is 0.385. The summed E-state index contributed by atoms with van der Waals surface area (Å²) in [6.07, 6.45) is -0.812. The summed E-state index contributed by atoms with van der Waals surface area (Å²) in [4.78, 5) is 21.9. The number of hydrogen-bond donors (Lipinski definition) is 2. The molecule has 0 aliphatic rings. The number of nitrogens with one attached hydrogen (secondary N) is 1. The Hall–Kier alpha value is -1.75. The van der Waals surface area contributed by atoms with Crippen molar-refractivity contribution in [2.24, 2.45) is 0 Å². The van der Waals surface area contributed by atoms with Crippen molar-refractivity contribution in [1.29, 1.82) is 0 Å². The Kier molecular flexibility index (Phi) is 5.63. The first kappa shape index (κ1) is 15.3. The second-order valence-corrected chi connectivity index (χ2v) is 4.51. The summed E-state index contributed by atoms with van der Waals surface area (Å²) in [6.45, 7) is 3.52. The second kappa shape index (κ2) is 6.99. The fourth-order valence-corrected chi connectivity index (χ4v) is 1.50. The molecule has 6 heteroatoms. The van der Waals surface area contributed by atoms with Crippen LogP contribution in [-0.4, -0.2) is 29.6 Å². The van der Waals surface area contributed by atoms with Crippen LogP contribution in [0.5, 0.6) is 5.75 Å². The van der Waals surface area contributed by atoms with Crippen LogP contribution in [0.2, 0.25) is 5.02 Å². The van der Waals surface area contributed by atoms with E-state index in [0.717, 1.165) is 5.56 Å². The average molecular weight is 286 g/mol.